The molecule has 26 heavy (non-hydrogen) atoms. The molecule has 1 aromatic heterocycles. The van der Waals surface area contributed by atoms with Gasteiger partial charge in [0.25, 0.3) is 5.69 Å². The van der Waals surface area contributed by atoms with Gasteiger partial charge in [-0.25, -0.2) is 4.98 Å². The van der Waals surface area contributed by atoms with Crippen molar-refractivity contribution in [2.75, 3.05) is 42.6 Å². The van der Waals surface area contributed by atoms with Gasteiger partial charge in [-0.3, -0.25) is 10.1 Å². The summed E-state index contributed by atoms with van der Waals surface area (Å²) >= 11 is 0. The second-order valence-electron chi connectivity index (χ2n) is 5.84. The topological polar surface area (TPSA) is 105 Å². The Labute approximate surface area is 151 Å². The monoisotopic (exact) mass is 359 g/mol. The first-order valence-corrected chi connectivity index (χ1v) is 8.46. The Bertz CT molecular complexity index is 777. The minimum atomic E-state index is -0.391. The Morgan fingerprint density at radius 3 is 2.62 bits per heavy atom. The number of anilines is 2. The van der Waals surface area contributed by atoms with Crippen LogP contribution < -0.4 is 14.5 Å². The Morgan fingerprint density at radius 2 is 1.96 bits per heavy atom. The van der Waals surface area contributed by atoms with Crippen LogP contribution in [-0.4, -0.2) is 52.8 Å². The van der Waals surface area contributed by atoms with Crippen molar-refractivity contribution in [2.45, 2.75) is 13.5 Å². The standard InChI is InChI=1S/C17H21N5O4/c1-2-26-16-5-6-18-17(19-16)21-9-7-20(8-10-21)15-11-13(12-23)3-4-14(15)22(24)25/h3-6,11,23H,2,7-10,12H2,1H3. The third-order valence-corrected chi connectivity index (χ3v) is 4.23. The molecule has 3 rings (SSSR count). The van der Waals surface area contributed by atoms with E-state index in [0.29, 0.717) is 55.9 Å². The molecule has 0 amide bonds. The fraction of sp³-hybridized carbons (Fsp3) is 0.412. The lowest BCUT2D eigenvalue weighted by Gasteiger charge is -2.35. The fourth-order valence-electron chi connectivity index (χ4n) is 2.94. The number of piperazine rings is 1. The molecular formula is C17H21N5O4. The molecule has 1 aliphatic rings. The SMILES string of the molecule is CCOc1ccnc(N2CCN(c3cc(CO)ccc3[N+](=O)[O-])CC2)n1. The smallest absolute Gasteiger partial charge is 0.292 e. The van der Waals surface area contributed by atoms with Crippen LogP contribution in [0, 0.1) is 10.1 Å². The molecule has 9 nitrogen and oxygen atoms in total. The molecular weight excluding hydrogens is 338 g/mol. The van der Waals surface area contributed by atoms with E-state index in [-0.39, 0.29) is 12.3 Å². The molecule has 9 heteroatoms. The zero-order chi connectivity index (χ0) is 18.5. The molecule has 0 unspecified atom stereocenters. The summed E-state index contributed by atoms with van der Waals surface area (Å²) in [5.74, 6) is 1.13. The normalized spacial score (nSPS) is 14.4. The van der Waals surface area contributed by atoms with Crippen molar-refractivity contribution in [3.63, 3.8) is 0 Å². The number of nitrogens with zero attached hydrogens (tertiary/aromatic N) is 5. The Hall–Kier alpha value is -2.94. The lowest BCUT2D eigenvalue weighted by molar-refractivity contribution is -0.384. The minimum absolute atomic E-state index is 0.0465. The minimum Gasteiger partial charge on any atom is -0.478 e. The van der Waals surface area contributed by atoms with Crippen LogP contribution >= 0.6 is 0 Å². The van der Waals surface area contributed by atoms with Gasteiger partial charge in [-0.2, -0.15) is 4.98 Å². The summed E-state index contributed by atoms with van der Waals surface area (Å²) in [5.41, 5.74) is 1.23. The van der Waals surface area contributed by atoms with Crippen LogP contribution in [-0.2, 0) is 6.61 Å². The van der Waals surface area contributed by atoms with E-state index < -0.39 is 4.92 Å². The summed E-state index contributed by atoms with van der Waals surface area (Å²) in [6.45, 7) is 4.74. The molecule has 1 aromatic carbocycles. The zero-order valence-corrected chi connectivity index (χ0v) is 14.5. The molecule has 138 valence electrons. The van der Waals surface area contributed by atoms with E-state index in [9.17, 15) is 15.2 Å². The number of nitro benzene ring substituents is 1. The summed E-state index contributed by atoms with van der Waals surface area (Å²) in [4.78, 5) is 23.6. The maximum atomic E-state index is 11.3. The van der Waals surface area contributed by atoms with Crippen LogP contribution in [0.15, 0.2) is 30.5 Å². The molecule has 1 aliphatic heterocycles. The largest absolute Gasteiger partial charge is 0.478 e. The summed E-state index contributed by atoms with van der Waals surface area (Å²) in [6.07, 6.45) is 1.66. The first-order valence-electron chi connectivity index (χ1n) is 8.46. The van der Waals surface area contributed by atoms with Gasteiger partial charge >= 0.3 is 0 Å². The van der Waals surface area contributed by atoms with Crippen LogP contribution in [0.3, 0.4) is 0 Å². The first kappa shape index (κ1) is 17.9. The average Bonchev–Trinajstić information content (AvgIpc) is 2.68. The molecule has 0 aliphatic carbocycles. The molecule has 1 fully saturated rings. The van der Waals surface area contributed by atoms with Crippen molar-refractivity contribution in [2.24, 2.45) is 0 Å². The van der Waals surface area contributed by atoms with Gasteiger partial charge in [-0.15, -0.1) is 0 Å². The van der Waals surface area contributed by atoms with Crippen molar-refractivity contribution < 1.29 is 14.8 Å². The van der Waals surface area contributed by atoms with Crippen molar-refractivity contribution in [1.82, 2.24) is 9.97 Å². The van der Waals surface area contributed by atoms with Crippen molar-refractivity contribution in [3.05, 3.63) is 46.1 Å². The lowest BCUT2D eigenvalue weighted by atomic mass is 10.1. The summed E-state index contributed by atoms with van der Waals surface area (Å²) in [7, 11) is 0. The molecule has 2 aromatic rings. The second kappa shape index (κ2) is 7.96. The number of rotatable bonds is 6. The van der Waals surface area contributed by atoms with E-state index in [1.807, 2.05) is 16.7 Å². The number of aliphatic hydroxyl groups is 1. The molecule has 0 saturated carbocycles. The van der Waals surface area contributed by atoms with E-state index in [4.69, 9.17) is 4.74 Å². The van der Waals surface area contributed by atoms with E-state index >= 15 is 0 Å². The Kier molecular flexibility index (Phi) is 5.47. The molecule has 2 heterocycles. The predicted molar refractivity (Wildman–Crippen MR) is 96.6 cm³/mol. The number of hydrogen-bond acceptors (Lipinski definition) is 8. The van der Waals surface area contributed by atoms with Gasteiger partial charge in [0, 0.05) is 44.5 Å². The first-order chi connectivity index (χ1) is 12.6. The van der Waals surface area contributed by atoms with E-state index in [2.05, 4.69) is 9.97 Å². The summed E-state index contributed by atoms with van der Waals surface area (Å²) in [5, 5.41) is 20.6. The highest BCUT2D eigenvalue weighted by Gasteiger charge is 2.25. The maximum Gasteiger partial charge on any atom is 0.292 e. The highest BCUT2D eigenvalue weighted by atomic mass is 16.6. The Balaban J connectivity index is 1.74. The molecule has 1 saturated heterocycles. The Morgan fingerprint density at radius 1 is 1.23 bits per heavy atom. The number of aromatic nitrogens is 2. The van der Waals surface area contributed by atoms with Crippen LogP contribution in [0.2, 0.25) is 0 Å². The van der Waals surface area contributed by atoms with E-state index in [0.717, 1.165) is 0 Å². The van der Waals surface area contributed by atoms with Crippen LogP contribution in [0.5, 0.6) is 5.88 Å². The van der Waals surface area contributed by atoms with Crippen LogP contribution in [0.1, 0.15) is 12.5 Å². The lowest BCUT2D eigenvalue weighted by Crippen LogP contribution is -2.47. The zero-order valence-electron chi connectivity index (χ0n) is 14.5. The third-order valence-electron chi connectivity index (χ3n) is 4.23. The molecule has 1 N–H and O–H groups in total. The van der Waals surface area contributed by atoms with E-state index in [1.165, 1.54) is 6.07 Å². The predicted octanol–water partition coefficient (Wildman–Crippen LogP) is 1.60. The van der Waals surface area contributed by atoms with Crippen LogP contribution in [0.4, 0.5) is 17.3 Å². The van der Waals surface area contributed by atoms with E-state index in [1.54, 1.807) is 24.4 Å². The fourth-order valence-corrected chi connectivity index (χ4v) is 2.94. The number of ether oxygens (including phenoxy) is 1. The number of hydrogen-bond donors (Lipinski definition) is 1. The van der Waals surface area contributed by atoms with Crippen molar-refractivity contribution in [3.8, 4) is 5.88 Å². The van der Waals surface area contributed by atoms with Gasteiger partial charge < -0.3 is 19.6 Å². The average molecular weight is 359 g/mol. The van der Waals surface area contributed by atoms with Gasteiger partial charge in [0.1, 0.15) is 5.69 Å². The third kappa shape index (κ3) is 3.83. The maximum absolute atomic E-state index is 11.3. The molecule has 0 bridgehead atoms. The van der Waals surface area contributed by atoms with Gasteiger partial charge in [0.15, 0.2) is 0 Å². The number of aliphatic hydroxyl groups excluding tert-OH is 1. The van der Waals surface area contributed by atoms with Gasteiger partial charge in [-0.1, -0.05) is 0 Å². The highest BCUT2D eigenvalue weighted by molar-refractivity contribution is 5.65. The summed E-state index contributed by atoms with van der Waals surface area (Å²) in [6, 6.07) is 6.42. The van der Waals surface area contributed by atoms with Gasteiger partial charge in [0.05, 0.1) is 18.1 Å². The molecule has 0 radical (unpaired) electrons. The summed E-state index contributed by atoms with van der Waals surface area (Å²) < 4.78 is 5.41. The van der Waals surface area contributed by atoms with Gasteiger partial charge in [-0.05, 0) is 24.6 Å². The highest BCUT2D eigenvalue weighted by Crippen LogP contribution is 2.30. The van der Waals surface area contributed by atoms with Gasteiger partial charge in [0.2, 0.25) is 11.8 Å². The number of nitro groups is 1. The molecule has 0 atom stereocenters. The second-order valence-corrected chi connectivity index (χ2v) is 5.84. The van der Waals surface area contributed by atoms with Crippen molar-refractivity contribution in [1.29, 1.82) is 0 Å². The van der Waals surface area contributed by atoms with Crippen molar-refractivity contribution >= 4 is 17.3 Å². The van der Waals surface area contributed by atoms with Crippen LogP contribution in [0.25, 0.3) is 0 Å². The quantitative estimate of drug-likeness (QED) is 0.612. The molecule has 0 spiro atoms. The number of benzene rings is 1.